The second-order valence-electron chi connectivity index (χ2n) is 3.66. The van der Waals surface area contributed by atoms with Crippen molar-refractivity contribution in [1.29, 1.82) is 0 Å². The van der Waals surface area contributed by atoms with Gasteiger partial charge in [-0.3, -0.25) is 0 Å². The summed E-state index contributed by atoms with van der Waals surface area (Å²) in [5.41, 5.74) is 3.42. The van der Waals surface area contributed by atoms with Gasteiger partial charge in [0.15, 0.2) is 0 Å². The number of allylic oxidation sites excluding steroid dienone is 4. The number of aromatic nitrogens is 1. The van der Waals surface area contributed by atoms with Crippen molar-refractivity contribution in [2.75, 3.05) is 0 Å². The van der Waals surface area contributed by atoms with E-state index in [0.29, 0.717) is 0 Å². The minimum Gasteiger partial charge on any atom is -0.352 e. The Hall–Kier alpha value is -1.36. The van der Waals surface area contributed by atoms with Crippen LogP contribution in [0.4, 0.5) is 0 Å². The van der Waals surface area contributed by atoms with Crippen LogP contribution in [-0.2, 0) is 17.4 Å². The third kappa shape index (κ3) is 1.95. The Morgan fingerprint density at radius 1 is 1.19 bits per heavy atom. The van der Waals surface area contributed by atoms with E-state index in [1.54, 1.807) is 0 Å². The SMILES string of the molecule is [Cr].[c-]1nc2ccccc2cc1C1=CC=CC1. The maximum Gasteiger partial charge on any atom is 0 e. The van der Waals surface area contributed by atoms with Gasteiger partial charge in [0, 0.05) is 17.4 Å². The second-order valence-corrected chi connectivity index (χ2v) is 3.66. The predicted molar refractivity (Wildman–Crippen MR) is 62.3 cm³/mol. The van der Waals surface area contributed by atoms with E-state index in [-0.39, 0.29) is 17.4 Å². The van der Waals surface area contributed by atoms with Crippen molar-refractivity contribution in [3.05, 3.63) is 60.3 Å². The Morgan fingerprint density at radius 2 is 2.06 bits per heavy atom. The van der Waals surface area contributed by atoms with E-state index in [4.69, 9.17) is 0 Å². The molecule has 2 heteroatoms. The Kier molecular flexibility index (Phi) is 3.24. The average Bonchev–Trinajstić information content (AvgIpc) is 2.82. The van der Waals surface area contributed by atoms with Crippen LogP contribution in [0.2, 0.25) is 0 Å². The molecule has 2 aromatic rings. The number of hydrogen-bond acceptors (Lipinski definition) is 1. The van der Waals surface area contributed by atoms with Crippen molar-refractivity contribution >= 4 is 16.5 Å². The maximum absolute atomic E-state index is 4.33. The molecule has 1 nitrogen and oxygen atoms in total. The molecule has 0 saturated carbocycles. The molecule has 0 aliphatic heterocycles. The molecule has 1 aliphatic carbocycles. The summed E-state index contributed by atoms with van der Waals surface area (Å²) >= 11 is 0. The molecule has 0 radical (unpaired) electrons. The molecule has 0 N–H and O–H groups in total. The van der Waals surface area contributed by atoms with Gasteiger partial charge in [-0.25, -0.2) is 0 Å². The van der Waals surface area contributed by atoms with Gasteiger partial charge in [0.2, 0.25) is 0 Å². The minimum absolute atomic E-state index is 0. The first-order chi connectivity index (χ1) is 7.43. The molecule has 78 valence electrons. The molecule has 0 fully saturated rings. The van der Waals surface area contributed by atoms with Crippen LogP contribution in [0.3, 0.4) is 0 Å². The summed E-state index contributed by atoms with van der Waals surface area (Å²) < 4.78 is 0. The molecule has 0 unspecified atom stereocenters. The van der Waals surface area contributed by atoms with E-state index in [9.17, 15) is 0 Å². The molecule has 0 atom stereocenters. The monoisotopic (exact) mass is 244 g/mol. The van der Waals surface area contributed by atoms with Gasteiger partial charge < -0.3 is 4.98 Å². The largest absolute Gasteiger partial charge is 0.352 e. The van der Waals surface area contributed by atoms with Crippen molar-refractivity contribution in [1.82, 2.24) is 4.98 Å². The fourth-order valence-electron chi connectivity index (χ4n) is 1.83. The molecule has 1 aromatic carbocycles. The van der Waals surface area contributed by atoms with Crippen molar-refractivity contribution < 1.29 is 17.4 Å². The molecule has 3 rings (SSSR count). The molecule has 1 heterocycles. The van der Waals surface area contributed by atoms with Gasteiger partial charge in [-0.2, -0.15) is 0 Å². The van der Waals surface area contributed by atoms with Crippen molar-refractivity contribution in [2.45, 2.75) is 6.42 Å². The zero-order valence-corrected chi connectivity index (χ0v) is 9.96. The molecule has 0 bridgehead atoms. The number of rotatable bonds is 1. The van der Waals surface area contributed by atoms with E-state index in [0.717, 1.165) is 17.5 Å². The molecular weight excluding hydrogens is 234 g/mol. The Labute approximate surface area is 106 Å². The Bertz CT molecular complexity index is 570. The normalized spacial score (nSPS) is 13.6. The standard InChI is InChI=1S/C14H10N.Cr/c1-2-6-11(5-1)13-9-12-7-3-4-8-14(12)15-10-13;/h1-5,7-9H,6H2;/q-1;. The fourth-order valence-corrected chi connectivity index (χ4v) is 1.83. The number of nitrogens with zero attached hydrogens (tertiary/aromatic N) is 1. The first kappa shape index (κ1) is 11.1. The van der Waals surface area contributed by atoms with E-state index < -0.39 is 0 Å². The number of pyridine rings is 1. The van der Waals surface area contributed by atoms with Gasteiger partial charge in [0.1, 0.15) is 0 Å². The molecule has 0 amide bonds. The molecule has 1 aromatic heterocycles. The summed E-state index contributed by atoms with van der Waals surface area (Å²) in [6.07, 6.45) is 10.5. The first-order valence-corrected chi connectivity index (χ1v) is 5.07. The van der Waals surface area contributed by atoms with Crippen LogP contribution in [0, 0.1) is 6.20 Å². The van der Waals surface area contributed by atoms with Crippen LogP contribution in [0.25, 0.3) is 16.5 Å². The smallest absolute Gasteiger partial charge is 0 e. The number of hydrogen-bond donors (Lipinski definition) is 0. The van der Waals surface area contributed by atoms with Crippen LogP contribution >= 0.6 is 0 Å². The Morgan fingerprint density at radius 3 is 2.88 bits per heavy atom. The quantitative estimate of drug-likeness (QED) is 0.701. The van der Waals surface area contributed by atoms with Crippen molar-refractivity contribution in [2.24, 2.45) is 0 Å². The van der Waals surface area contributed by atoms with Crippen molar-refractivity contribution in [3.63, 3.8) is 0 Å². The Balaban J connectivity index is 0.000000963. The van der Waals surface area contributed by atoms with Gasteiger partial charge in [0.25, 0.3) is 0 Å². The maximum atomic E-state index is 4.33. The van der Waals surface area contributed by atoms with E-state index in [1.165, 1.54) is 11.0 Å². The second kappa shape index (κ2) is 4.66. The summed E-state index contributed by atoms with van der Waals surface area (Å²) in [7, 11) is 0. The molecule has 0 spiro atoms. The van der Waals surface area contributed by atoms with E-state index in [2.05, 4.69) is 41.5 Å². The van der Waals surface area contributed by atoms with Gasteiger partial charge in [-0.1, -0.05) is 41.8 Å². The van der Waals surface area contributed by atoms with Gasteiger partial charge in [-0.05, 0) is 18.1 Å². The molecule has 1 aliphatic rings. The third-order valence-corrected chi connectivity index (χ3v) is 2.65. The predicted octanol–water partition coefficient (Wildman–Crippen LogP) is 3.38. The molecule has 16 heavy (non-hydrogen) atoms. The minimum atomic E-state index is 0. The summed E-state index contributed by atoms with van der Waals surface area (Å²) in [6.45, 7) is 0. The van der Waals surface area contributed by atoms with E-state index >= 15 is 0 Å². The zero-order valence-electron chi connectivity index (χ0n) is 8.68. The zero-order chi connectivity index (χ0) is 10.1. The van der Waals surface area contributed by atoms with Crippen LogP contribution in [-0.4, -0.2) is 4.98 Å². The fraction of sp³-hybridized carbons (Fsp3) is 0.0714. The van der Waals surface area contributed by atoms with Gasteiger partial charge in [-0.15, -0.1) is 23.3 Å². The van der Waals surface area contributed by atoms with E-state index in [1.807, 2.05) is 18.2 Å². The van der Waals surface area contributed by atoms with Crippen LogP contribution < -0.4 is 0 Å². The summed E-state index contributed by atoms with van der Waals surface area (Å²) in [6, 6.07) is 10.3. The topological polar surface area (TPSA) is 12.9 Å². The first-order valence-electron chi connectivity index (χ1n) is 5.07. The van der Waals surface area contributed by atoms with Crippen LogP contribution in [0.1, 0.15) is 12.0 Å². The molecule has 0 saturated heterocycles. The average molecular weight is 244 g/mol. The van der Waals surface area contributed by atoms with Gasteiger partial charge in [0.05, 0.1) is 0 Å². The number of para-hydroxylation sites is 1. The summed E-state index contributed by atoms with van der Waals surface area (Å²) in [4.78, 5) is 4.33. The van der Waals surface area contributed by atoms with Crippen LogP contribution in [0.5, 0.6) is 0 Å². The summed E-state index contributed by atoms with van der Waals surface area (Å²) in [5.74, 6) is 0. The van der Waals surface area contributed by atoms with Gasteiger partial charge >= 0.3 is 0 Å². The third-order valence-electron chi connectivity index (χ3n) is 2.65. The molecular formula is C14H10CrN-. The number of fused-ring (bicyclic) bond motifs is 1. The van der Waals surface area contributed by atoms with Crippen molar-refractivity contribution in [3.8, 4) is 0 Å². The summed E-state index contributed by atoms with van der Waals surface area (Å²) in [5, 5.41) is 1.18. The van der Waals surface area contributed by atoms with Crippen LogP contribution in [0.15, 0.2) is 48.6 Å². The number of benzene rings is 1.